The van der Waals surface area contributed by atoms with Gasteiger partial charge in [-0.3, -0.25) is 34.1 Å². The summed E-state index contributed by atoms with van der Waals surface area (Å²) in [5.74, 6) is 0.820. The third-order valence-corrected chi connectivity index (χ3v) is 13.0. The molecule has 15 heteroatoms. The normalized spacial score (nSPS) is 17.0. The van der Waals surface area contributed by atoms with Crippen LogP contribution in [-0.2, 0) is 38.7 Å². The van der Waals surface area contributed by atoms with Crippen LogP contribution in [0.1, 0.15) is 134 Å². The van der Waals surface area contributed by atoms with Gasteiger partial charge in [-0.05, 0) is 61.6 Å². The lowest BCUT2D eigenvalue weighted by molar-refractivity contribution is -0.137. The molecule has 4 aromatic rings. The Hall–Kier alpha value is -5.96. The third-order valence-electron chi connectivity index (χ3n) is 12.4. The highest BCUT2D eigenvalue weighted by atomic mass is 79.9. The number of unbranched alkanes of at least 4 members (excludes halogenated alkanes) is 7. The molecule has 14 nitrogen and oxygen atoms in total. The summed E-state index contributed by atoms with van der Waals surface area (Å²) in [6, 6.07) is 17.8. The van der Waals surface area contributed by atoms with Crippen molar-refractivity contribution in [1.82, 2.24) is 20.2 Å². The molecule has 1 unspecified atom stereocenters. The Morgan fingerprint density at radius 2 is 1.64 bits per heavy atom. The molecule has 1 aromatic heterocycles. The van der Waals surface area contributed by atoms with Crippen LogP contribution in [0.25, 0.3) is 0 Å². The van der Waals surface area contributed by atoms with E-state index in [0.717, 1.165) is 67.0 Å². The van der Waals surface area contributed by atoms with E-state index in [1.807, 2.05) is 43.3 Å². The van der Waals surface area contributed by atoms with Crippen molar-refractivity contribution in [3.8, 4) is 5.75 Å². The lowest BCUT2D eigenvalue weighted by Gasteiger charge is -2.40. The molecular formula is C49H56BrN7O7. The number of nitrogens with one attached hydrogen (secondary N) is 2. The third kappa shape index (κ3) is 10.7. The van der Waals surface area contributed by atoms with Crippen molar-refractivity contribution in [1.29, 1.82) is 0 Å². The summed E-state index contributed by atoms with van der Waals surface area (Å²) >= 11 is 3.51. The fourth-order valence-electron chi connectivity index (χ4n) is 8.85. The first-order valence-electron chi connectivity index (χ1n) is 22.4. The molecule has 7 rings (SSSR count). The van der Waals surface area contributed by atoms with E-state index < -0.39 is 11.9 Å². The van der Waals surface area contributed by atoms with Crippen molar-refractivity contribution < 1.29 is 33.5 Å². The maximum atomic E-state index is 13.4. The Kier molecular flexibility index (Phi) is 15.2. The zero-order chi connectivity index (χ0) is 45.3. The number of ether oxygens (including phenoxy) is 1. The lowest BCUT2D eigenvalue weighted by atomic mass is 10.00. The minimum atomic E-state index is -0.706. The van der Waals surface area contributed by atoms with Gasteiger partial charge in [0.05, 0.1) is 13.3 Å². The molecule has 4 heterocycles. The van der Waals surface area contributed by atoms with E-state index in [-0.39, 0.29) is 54.8 Å². The minimum Gasteiger partial charge on any atom is -0.496 e. The maximum absolute atomic E-state index is 13.4. The molecule has 1 fully saturated rings. The fraction of sp³-hybridized carbons (Fsp3) is 0.429. The number of nitrogens with zero attached hydrogens (tertiary/aromatic N) is 5. The summed E-state index contributed by atoms with van der Waals surface area (Å²) in [4.78, 5) is 91.4. The van der Waals surface area contributed by atoms with Crippen LogP contribution < -0.4 is 25.2 Å². The molecule has 0 bridgehead atoms. The second kappa shape index (κ2) is 21.1. The number of piperidine rings is 1. The molecule has 0 aliphatic carbocycles. The van der Waals surface area contributed by atoms with Crippen molar-refractivity contribution in [2.24, 2.45) is 0 Å². The van der Waals surface area contributed by atoms with Gasteiger partial charge in [0, 0.05) is 78.2 Å². The van der Waals surface area contributed by atoms with Gasteiger partial charge in [0.1, 0.15) is 29.3 Å². The number of rotatable bonds is 20. The van der Waals surface area contributed by atoms with Gasteiger partial charge in [-0.2, -0.15) is 0 Å². The van der Waals surface area contributed by atoms with Crippen LogP contribution in [-0.4, -0.2) is 76.4 Å². The Balaban J connectivity index is 0.815. The van der Waals surface area contributed by atoms with E-state index >= 15 is 0 Å². The minimum absolute atomic E-state index is 0.0111. The molecule has 3 aliphatic heterocycles. The lowest BCUT2D eigenvalue weighted by Crippen LogP contribution is -2.52. The first-order chi connectivity index (χ1) is 30.9. The average molecular weight is 935 g/mol. The molecule has 1 saturated heterocycles. The van der Waals surface area contributed by atoms with E-state index in [0.29, 0.717) is 77.7 Å². The van der Waals surface area contributed by atoms with E-state index in [1.165, 1.54) is 4.90 Å². The Bertz CT molecular complexity index is 2410. The first kappa shape index (κ1) is 46.0. The predicted octanol–water partition coefficient (Wildman–Crippen LogP) is 8.08. The standard InChI is InChI=1S/C49H56BrN7O7/c1-4-38-49(63)55(2)40-28-51-43(53-46(40)56(38)29-31-18-22-34(50)23-19-31)27-33-21-20-32(26-42(33)64-3)41(58)16-11-9-7-5-6-8-10-12-17-44(59)52-37-15-13-14-35-36(37)30-57(48(35)62)39-24-25-45(60)54-47(39)61/h13-15,18-23,26,28,38-39H,4-12,16-17,24-25,27,29-30H2,1-3H3,(H,52,59)(H,54,60,61)/t38-,39?/m1/s1. The number of aromatic nitrogens is 2. The van der Waals surface area contributed by atoms with Crippen LogP contribution >= 0.6 is 15.9 Å². The molecule has 0 saturated carbocycles. The summed E-state index contributed by atoms with van der Waals surface area (Å²) in [6.45, 7) is 2.75. The molecular weight excluding hydrogens is 878 g/mol. The number of hydrogen-bond acceptors (Lipinski definition) is 10. The number of ketones is 1. The smallest absolute Gasteiger partial charge is 0.255 e. The zero-order valence-electron chi connectivity index (χ0n) is 36.8. The second-order valence-electron chi connectivity index (χ2n) is 16.8. The van der Waals surface area contributed by atoms with E-state index in [2.05, 4.69) is 36.4 Å². The summed E-state index contributed by atoms with van der Waals surface area (Å²) in [5.41, 5.74) is 4.95. The number of benzene rings is 3. The summed E-state index contributed by atoms with van der Waals surface area (Å²) in [7, 11) is 3.37. The van der Waals surface area contributed by atoms with Crippen LogP contribution in [0.15, 0.2) is 71.3 Å². The largest absolute Gasteiger partial charge is 0.496 e. The number of halogens is 1. The van der Waals surface area contributed by atoms with Crippen molar-refractivity contribution in [3.05, 3.63) is 105 Å². The first-order valence-corrected chi connectivity index (χ1v) is 23.2. The summed E-state index contributed by atoms with van der Waals surface area (Å²) in [5, 5.41) is 5.28. The number of likely N-dealkylation sites (N-methyl/N-ethyl adjacent to an activating group) is 1. The molecule has 2 N–H and O–H groups in total. The molecule has 0 radical (unpaired) electrons. The van der Waals surface area contributed by atoms with E-state index in [9.17, 15) is 28.8 Å². The van der Waals surface area contributed by atoms with Crippen molar-refractivity contribution in [2.75, 3.05) is 29.3 Å². The van der Waals surface area contributed by atoms with Gasteiger partial charge in [-0.15, -0.1) is 0 Å². The Morgan fingerprint density at radius 3 is 2.34 bits per heavy atom. The second-order valence-corrected chi connectivity index (χ2v) is 17.7. The van der Waals surface area contributed by atoms with Crippen LogP contribution in [0.5, 0.6) is 5.75 Å². The number of carbonyl (C=O) groups is 6. The molecule has 3 aromatic carbocycles. The molecule has 3 aliphatic rings. The molecule has 0 spiro atoms. The highest BCUT2D eigenvalue weighted by molar-refractivity contribution is 9.10. The van der Waals surface area contributed by atoms with Gasteiger partial charge in [-0.25, -0.2) is 9.97 Å². The number of carbonyl (C=O) groups excluding carboxylic acids is 6. The van der Waals surface area contributed by atoms with Crippen LogP contribution in [0.4, 0.5) is 17.2 Å². The van der Waals surface area contributed by atoms with Gasteiger partial charge >= 0.3 is 0 Å². The SMILES string of the molecule is CC[C@@H]1C(=O)N(C)c2cnc(Cc3ccc(C(=O)CCCCCCCCCCC(=O)Nc4cccc5c4CN(C4CCC(=O)NC4=O)C5=O)cc3OC)nc2N1Cc1ccc(Br)cc1. The monoisotopic (exact) mass is 933 g/mol. The van der Waals surface area contributed by atoms with Crippen LogP contribution in [0.3, 0.4) is 0 Å². The summed E-state index contributed by atoms with van der Waals surface area (Å²) < 4.78 is 6.74. The van der Waals surface area contributed by atoms with Gasteiger partial charge in [0.15, 0.2) is 11.6 Å². The zero-order valence-corrected chi connectivity index (χ0v) is 38.4. The Labute approximate surface area is 382 Å². The predicted molar refractivity (Wildman–Crippen MR) is 247 cm³/mol. The van der Waals surface area contributed by atoms with E-state index in [4.69, 9.17) is 9.72 Å². The summed E-state index contributed by atoms with van der Waals surface area (Å²) in [6.07, 6.45) is 11.7. The molecule has 64 heavy (non-hydrogen) atoms. The Morgan fingerprint density at radius 1 is 0.922 bits per heavy atom. The van der Waals surface area contributed by atoms with Gasteiger partial charge in [0.2, 0.25) is 23.6 Å². The van der Waals surface area contributed by atoms with Gasteiger partial charge in [0.25, 0.3) is 5.91 Å². The number of hydrogen-bond donors (Lipinski definition) is 2. The van der Waals surface area contributed by atoms with Crippen molar-refractivity contribution in [2.45, 2.75) is 122 Å². The number of methoxy groups -OCH3 is 1. The average Bonchev–Trinajstić information content (AvgIpc) is 3.63. The van der Waals surface area contributed by atoms with Crippen molar-refractivity contribution in [3.63, 3.8) is 0 Å². The number of fused-ring (bicyclic) bond motifs is 2. The number of amides is 5. The number of imide groups is 1. The van der Waals surface area contributed by atoms with Crippen LogP contribution in [0, 0.1) is 0 Å². The highest BCUT2D eigenvalue weighted by Crippen LogP contribution is 2.37. The topological polar surface area (TPSA) is 171 Å². The quantitative estimate of drug-likeness (QED) is 0.0502. The molecule has 2 atom stereocenters. The molecule has 336 valence electrons. The van der Waals surface area contributed by atoms with Crippen molar-refractivity contribution >= 4 is 68.4 Å². The number of Topliss-reactive ketones (excluding diaryl/α,β-unsaturated/α-hetero) is 1. The number of anilines is 3. The highest BCUT2D eigenvalue weighted by Gasteiger charge is 2.40. The van der Waals surface area contributed by atoms with Gasteiger partial charge < -0.3 is 24.8 Å². The van der Waals surface area contributed by atoms with Crippen LogP contribution in [0.2, 0.25) is 0 Å². The fourth-order valence-corrected chi connectivity index (χ4v) is 9.11. The van der Waals surface area contributed by atoms with Gasteiger partial charge in [-0.1, -0.05) is 91.7 Å². The van der Waals surface area contributed by atoms with E-state index in [1.54, 1.807) is 49.5 Å². The maximum Gasteiger partial charge on any atom is 0.255 e. The molecule has 5 amide bonds.